The third-order valence-electron chi connectivity index (χ3n) is 0.702. The van der Waals surface area contributed by atoms with Crippen LogP contribution in [0.4, 0.5) is 0 Å². The summed E-state index contributed by atoms with van der Waals surface area (Å²) in [6, 6.07) is 0. The van der Waals surface area contributed by atoms with Crippen LogP contribution in [-0.4, -0.2) is 18.5 Å². The molecule has 0 unspecified atom stereocenters. The average molecular weight is 128 g/mol. The maximum Gasteiger partial charge on any atom is 0.153 e. The SMILES string of the molecule is COC(C=CC=O)=CO. The van der Waals surface area contributed by atoms with Gasteiger partial charge in [0, 0.05) is 0 Å². The highest BCUT2D eigenvalue weighted by atomic mass is 16.5. The molecule has 0 spiro atoms. The second-order valence-corrected chi connectivity index (χ2v) is 1.23. The third-order valence-corrected chi connectivity index (χ3v) is 0.702. The Morgan fingerprint density at radius 1 is 1.67 bits per heavy atom. The van der Waals surface area contributed by atoms with Crippen LogP contribution in [-0.2, 0) is 9.53 Å². The van der Waals surface area contributed by atoms with E-state index in [-0.39, 0.29) is 5.76 Å². The number of methoxy groups -OCH3 is 1. The first kappa shape index (κ1) is 7.75. The predicted octanol–water partition coefficient (Wildman–Crippen LogP) is 0.787. The zero-order chi connectivity index (χ0) is 7.11. The third kappa shape index (κ3) is 3.34. The average Bonchev–Trinajstić information content (AvgIpc) is 1.91. The van der Waals surface area contributed by atoms with Gasteiger partial charge in [0.05, 0.1) is 7.11 Å². The molecular weight excluding hydrogens is 120 g/mol. The van der Waals surface area contributed by atoms with E-state index in [1.165, 1.54) is 19.3 Å². The molecule has 3 nitrogen and oxygen atoms in total. The minimum absolute atomic E-state index is 0.252. The van der Waals surface area contributed by atoms with E-state index < -0.39 is 0 Å². The van der Waals surface area contributed by atoms with Gasteiger partial charge in [-0.3, -0.25) is 4.79 Å². The summed E-state index contributed by atoms with van der Waals surface area (Å²) in [4.78, 5) is 9.69. The summed E-state index contributed by atoms with van der Waals surface area (Å²) in [6.45, 7) is 0. The lowest BCUT2D eigenvalue weighted by Gasteiger charge is -1.93. The number of ether oxygens (including phenoxy) is 1. The van der Waals surface area contributed by atoms with E-state index >= 15 is 0 Å². The summed E-state index contributed by atoms with van der Waals surface area (Å²) < 4.78 is 4.57. The number of aldehydes is 1. The molecule has 0 aromatic carbocycles. The van der Waals surface area contributed by atoms with Crippen molar-refractivity contribution in [2.75, 3.05) is 7.11 Å². The van der Waals surface area contributed by atoms with E-state index in [2.05, 4.69) is 4.74 Å². The van der Waals surface area contributed by atoms with Crippen LogP contribution in [0.25, 0.3) is 0 Å². The first-order chi connectivity index (χ1) is 4.35. The Morgan fingerprint density at radius 3 is 2.67 bits per heavy atom. The highest BCUT2D eigenvalue weighted by Gasteiger charge is 1.83. The Morgan fingerprint density at radius 2 is 2.33 bits per heavy atom. The summed E-state index contributed by atoms with van der Waals surface area (Å²) in [6.07, 6.45) is 3.96. The van der Waals surface area contributed by atoms with Crippen molar-refractivity contribution in [3.8, 4) is 0 Å². The van der Waals surface area contributed by atoms with Crippen LogP contribution < -0.4 is 0 Å². The Bertz CT molecular complexity index is 135. The van der Waals surface area contributed by atoms with Crippen molar-refractivity contribution in [3.05, 3.63) is 24.2 Å². The van der Waals surface area contributed by atoms with Gasteiger partial charge in [-0.25, -0.2) is 0 Å². The number of hydrogen-bond donors (Lipinski definition) is 1. The molecule has 0 fully saturated rings. The molecule has 0 aliphatic heterocycles. The fourth-order valence-electron chi connectivity index (χ4n) is 0.298. The molecule has 0 radical (unpaired) electrons. The van der Waals surface area contributed by atoms with Crippen molar-refractivity contribution >= 4 is 6.29 Å². The number of aliphatic hydroxyl groups excluding tert-OH is 1. The van der Waals surface area contributed by atoms with Crippen LogP contribution in [0, 0.1) is 0 Å². The molecule has 0 saturated heterocycles. The molecule has 1 N–H and O–H groups in total. The number of carbonyl (C=O) groups excluding carboxylic acids is 1. The number of allylic oxidation sites excluding steroid dienone is 2. The first-order valence-corrected chi connectivity index (χ1v) is 2.35. The second-order valence-electron chi connectivity index (χ2n) is 1.23. The van der Waals surface area contributed by atoms with Crippen LogP contribution >= 0.6 is 0 Å². The van der Waals surface area contributed by atoms with Gasteiger partial charge in [0.1, 0.15) is 12.5 Å². The summed E-state index contributed by atoms with van der Waals surface area (Å²) in [5.41, 5.74) is 0. The van der Waals surface area contributed by atoms with Crippen LogP contribution in [0.1, 0.15) is 0 Å². The van der Waals surface area contributed by atoms with Gasteiger partial charge in [-0.15, -0.1) is 0 Å². The van der Waals surface area contributed by atoms with E-state index in [0.29, 0.717) is 6.29 Å². The van der Waals surface area contributed by atoms with Crippen molar-refractivity contribution in [2.24, 2.45) is 0 Å². The molecule has 0 bridgehead atoms. The van der Waals surface area contributed by atoms with Crippen molar-refractivity contribution in [1.29, 1.82) is 0 Å². The Kier molecular flexibility index (Phi) is 4.22. The van der Waals surface area contributed by atoms with Gasteiger partial charge in [0.15, 0.2) is 5.76 Å². The topological polar surface area (TPSA) is 46.5 Å². The lowest BCUT2D eigenvalue weighted by Crippen LogP contribution is -1.80. The molecule has 0 aliphatic rings. The molecule has 3 heteroatoms. The van der Waals surface area contributed by atoms with E-state index in [4.69, 9.17) is 5.11 Å². The quantitative estimate of drug-likeness (QED) is 0.264. The Balaban J connectivity index is 3.84. The van der Waals surface area contributed by atoms with Gasteiger partial charge in [0.2, 0.25) is 0 Å². The smallest absolute Gasteiger partial charge is 0.153 e. The lowest BCUT2D eigenvalue weighted by molar-refractivity contribution is -0.104. The standard InChI is InChI=1S/C6H8O3/c1-9-6(5-8)3-2-4-7/h2-5,8H,1H3. The van der Waals surface area contributed by atoms with E-state index in [1.54, 1.807) is 0 Å². The van der Waals surface area contributed by atoms with Crippen molar-refractivity contribution in [2.45, 2.75) is 0 Å². The zero-order valence-electron chi connectivity index (χ0n) is 5.07. The fraction of sp³-hybridized carbons (Fsp3) is 0.167. The maximum absolute atomic E-state index is 9.69. The number of rotatable bonds is 3. The van der Waals surface area contributed by atoms with Gasteiger partial charge >= 0.3 is 0 Å². The molecule has 0 saturated carbocycles. The molecule has 0 amide bonds. The van der Waals surface area contributed by atoms with Crippen LogP contribution in [0.2, 0.25) is 0 Å². The summed E-state index contributed by atoms with van der Waals surface area (Å²) >= 11 is 0. The summed E-state index contributed by atoms with van der Waals surface area (Å²) in [5, 5.41) is 8.30. The molecule has 9 heavy (non-hydrogen) atoms. The van der Waals surface area contributed by atoms with Gasteiger partial charge in [-0.2, -0.15) is 0 Å². The van der Waals surface area contributed by atoms with Crippen molar-refractivity contribution in [3.63, 3.8) is 0 Å². The van der Waals surface area contributed by atoms with Crippen LogP contribution in [0.5, 0.6) is 0 Å². The van der Waals surface area contributed by atoms with E-state index in [0.717, 1.165) is 6.26 Å². The molecule has 0 heterocycles. The molecule has 0 aliphatic carbocycles. The first-order valence-electron chi connectivity index (χ1n) is 2.35. The Hall–Kier alpha value is -1.25. The lowest BCUT2D eigenvalue weighted by atomic mass is 10.4. The van der Waals surface area contributed by atoms with Crippen LogP contribution in [0.15, 0.2) is 24.2 Å². The number of carbonyl (C=O) groups is 1. The molecule has 0 rings (SSSR count). The predicted molar refractivity (Wildman–Crippen MR) is 32.9 cm³/mol. The van der Waals surface area contributed by atoms with Gasteiger partial charge in [-0.05, 0) is 12.2 Å². The van der Waals surface area contributed by atoms with E-state index in [1.807, 2.05) is 0 Å². The highest BCUT2D eigenvalue weighted by Crippen LogP contribution is 1.93. The highest BCUT2D eigenvalue weighted by molar-refractivity contribution is 5.65. The normalized spacial score (nSPS) is 11.9. The Labute approximate surface area is 53.3 Å². The molecule has 50 valence electrons. The van der Waals surface area contributed by atoms with Gasteiger partial charge in [-0.1, -0.05) is 0 Å². The largest absolute Gasteiger partial charge is 0.512 e. The van der Waals surface area contributed by atoms with Crippen LogP contribution in [0.3, 0.4) is 0 Å². The number of hydrogen-bond acceptors (Lipinski definition) is 3. The number of aliphatic hydroxyl groups is 1. The van der Waals surface area contributed by atoms with Gasteiger partial charge in [0.25, 0.3) is 0 Å². The molecule has 0 aromatic heterocycles. The summed E-state index contributed by atoms with van der Waals surface area (Å²) in [7, 11) is 1.40. The fourth-order valence-corrected chi connectivity index (χ4v) is 0.298. The summed E-state index contributed by atoms with van der Waals surface area (Å²) in [5.74, 6) is 0.252. The van der Waals surface area contributed by atoms with E-state index in [9.17, 15) is 4.79 Å². The van der Waals surface area contributed by atoms with Crippen molar-refractivity contribution in [1.82, 2.24) is 0 Å². The minimum atomic E-state index is 0.252. The molecular formula is C6H8O3. The van der Waals surface area contributed by atoms with Gasteiger partial charge < -0.3 is 9.84 Å². The zero-order valence-corrected chi connectivity index (χ0v) is 5.07. The second kappa shape index (κ2) is 4.90. The minimum Gasteiger partial charge on any atom is -0.512 e. The maximum atomic E-state index is 9.69. The van der Waals surface area contributed by atoms with Crippen molar-refractivity contribution < 1.29 is 14.6 Å². The molecule has 0 aromatic rings. The molecule has 0 atom stereocenters. The monoisotopic (exact) mass is 128 g/mol.